The molecule has 4 aromatic rings. The van der Waals surface area contributed by atoms with Crippen molar-refractivity contribution in [2.24, 2.45) is 0 Å². The maximum absolute atomic E-state index is 13.0. The van der Waals surface area contributed by atoms with Gasteiger partial charge in [-0.3, -0.25) is 0 Å². The Morgan fingerprint density at radius 1 is 0.545 bits per heavy atom. The van der Waals surface area contributed by atoms with Gasteiger partial charge in [0.15, 0.2) is 0 Å². The lowest BCUT2D eigenvalue weighted by Crippen LogP contribution is -2.50. The van der Waals surface area contributed by atoms with E-state index in [0.717, 1.165) is 24.3 Å². The number of halogens is 6. The maximum Gasteiger partial charge on any atom is 0.534 e. The molecule has 16 heteroatoms. The summed E-state index contributed by atoms with van der Waals surface area (Å²) in [6, 6.07) is 23.0. The number of alkyl halides is 6. The Balaban J connectivity index is 1.60. The third kappa shape index (κ3) is 4.26. The van der Waals surface area contributed by atoms with Gasteiger partial charge in [0.05, 0.1) is 0 Å². The van der Waals surface area contributed by atoms with Gasteiger partial charge in [-0.2, -0.15) is 43.2 Å². The molecule has 0 amide bonds. The summed E-state index contributed by atoms with van der Waals surface area (Å²) in [7, 11) is -12.1. The number of rotatable bonds is 6. The summed E-state index contributed by atoms with van der Waals surface area (Å²) in [5, 5.41) is 0. The Morgan fingerprint density at radius 3 is 1.32 bits per heavy atom. The third-order valence-electron chi connectivity index (χ3n) is 7.05. The Kier molecular flexibility index (Phi) is 6.41. The Morgan fingerprint density at radius 2 is 0.932 bits per heavy atom. The van der Waals surface area contributed by atoms with E-state index < -0.39 is 54.0 Å². The van der Waals surface area contributed by atoms with E-state index in [9.17, 15) is 43.2 Å². The van der Waals surface area contributed by atoms with Gasteiger partial charge in [-0.25, -0.2) is 0 Å². The van der Waals surface area contributed by atoms with Gasteiger partial charge in [-0.05, 0) is 17.7 Å². The minimum atomic E-state index is -6.03. The summed E-state index contributed by atoms with van der Waals surface area (Å²) in [6.45, 7) is 0. The van der Waals surface area contributed by atoms with Gasteiger partial charge in [0.1, 0.15) is 28.4 Å². The van der Waals surface area contributed by atoms with E-state index >= 15 is 0 Å². The summed E-state index contributed by atoms with van der Waals surface area (Å²) in [5.41, 5.74) is -11.6. The zero-order valence-electron chi connectivity index (χ0n) is 21.6. The molecule has 0 aliphatic carbocycles. The number of ether oxygens (including phenoxy) is 2. The lowest BCUT2D eigenvalue weighted by Gasteiger charge is -2.38. The monoisotopic (exact) mass is 658 g/mol. The second-order valence-corrected chi connectivity index (χ2v) is 12.7. The Hall–Kier alpha value is -4.44. The quantitative estimate of drug-likeness (QED) is 0.139. The molecule has 2 heterocycles. The van der Waals surface area contributed by atoms with Gasteiger partial charge in [0.25, 0.3) is 5.79 Å². The van der Waals surface area contributed by atoms with Gasteiger partial charge in [0, 0.05) is 28.8 Å². The maximum atomic E-state index is 13.0. The standard InChI is InChI=1S/C28H16F6O8S2/c29-27(30,31)43(35,36)41-19-11-13-21-23(15-19)39-26(18-9-5-2-6-10-18)25(21,17-7-3-1-4-8-17)22-14-12-20(16-24(22)40-26)42-44(37,38)28(32,33)34/h1-16H. The molecule has 0 saturated carbocycles. The van der Waals surface area contributed by atoms with E-state index in [1.54, 1.807) is 60.7 Å². The van der Waals surface area contributed by atoms with E-state index in [4.69, 9.17) is 9.47 Å². The highest BCUT2D eigenvalue weighted by atomic mass is 32.2. The van der Waals surface area contributed by atoms with Crippen LogP contribution < -0.4 is 17.8 Å². The van der Waals surface area contributed by atoms with E-state index in [1.807, 2.05) is 0 Å². The normalized spacial score (nSPS) is 21.0. The van der Waals surface area contributed by atoms with Crippen LogP contribution >= 0.6 is 0 Å². The van der Waals surface area contributed by atoms with Crippen molar-refractivity contribution < 1.29 is 61.0 Å². The van der Waals surface area contributed by atoms with E-state index in [-0.39, 0.29) is 22.6 Å². The van der Waals surface area contributed by atoms with Crippen LogP contribution in [-0.2, 0) is 31.4 Å². The van der Waals surface area contributed by atoms with Crippen LogP contribution in [0.15, 0.2) is 97.1 Å². The van der Waals surface area contributed by atoms with Crippen molar-refractivity contribution in [1.82, 2.24) is 0 Å². The molecule has 2 aliphatic rings. The van der Waals surface area contributed by atoms with Crippen molar-refractivity contribution in [2.75, 3.05) is 0 Å². The molecule has 0 bridgehead atoms. The fraction of sp³-hybridized carbons (Fsp3) is 0.143. The first-order chi connectivity index (χ1) is 20.5. The Bertz CT molecular complexity index is 1880. The van der Waals surface area contributed by atoms with Crippen LogP contribution in [-0.4, -0.2) is 27.9 Å². The second kappa shape index (κ2) is 9.53. The van der Waals surface area contributed by atoms with Crippen molar-refractivity contribution in [3.8, 4) is 23.0 Å². The highest BCUT2D eigenvalue weighted by molar-refractivity contribution is 7.88. The SMILES string of the molecule is O=S(=O)(Oc1ccc2c(c1)OC1(c3ccccc3)Oc3cc(OS(=O)(=O)C(F)(F)F)ccc3C21c1ccccc1)C(F)(F)F. The molecule has 2 aliphatic heterocycles. The molecule has 44 heavy (non-hydrogen) atoms. The molecule has 0 fully saturated rings. The zero-order valence-corrected chi connectivity index (χ0v) is 23.2. The van der Waals surface area contributed by atoms with Gasteiger partial charge < -0.3 is 17.8 Å². The highest BCUT2D eigenvalue weighted by Crippen LogP contribution is 2.67. The van der Waals surface area contributed by atoms with E-state index in [2.05, 4.69) is 8.37 Å². The summed E-state index contributed by atoms with van der Waals surface area (Å²) in [4.78, 5) is 0. The van der Waals surface area contributed by atoms with Crippen LogP contribution in [0.5, 0.6) is 23.0 Å². The Labute approximate surface area is 245 Å². The summed E-state index contributed by atoms with van der Waals surface area (Å²) >= 11 is 0. The van der Waals surface area contributed by atoms with Crippen LogP contribution in [0.2, 0.25) is 0 Å². The van der Waals surface area contributed by atoms with Gasteiger partial charge in [0.2, 0.25) is 0 Å². The molecule has 0 atom stereocenters. The molecule has 0 spiro atoms. The molecule has 4 aromatic carbocycles. The molecule has 0 saturated heterocycles. The molecular weight excluding hydrogens is 642 g/mol. The predicted molar refractivity (Wildman–Crippen MR) is 140 cm³/mol. The lowest BCUT2D eigenvalue weighted by atomic mass is 9.64. The lowest BCUT2D eigenvalue weighted by molar-refractivity contribution is -0.119. The molecule has 230 valence electrons. The third-order valence-corrected chi connectivity index (χ3v) is 9.01. The molecular formula is C28H16F6O8S2. The van der Waals surface area contributed by atoms with Crippen molar-refractivity contribution >= 4 is 20.2 Å². The van der Waals surface area contributed by atoms with E-state index in [1.165, 1.54) is 12.1 Å². The molecule has 6 rings (SSSR count). The molecule has 8 nitrogen and oxygen atoms in total. The largest absolute Gasteiger partial charge is 0.534 e. The van der Waals surface area contributed by atoms with Crippen molar-refractivity contribution in [1.29, 1.82) is 0 Å². The predicted octanol–water partition coefficient (Wildman–Crippen LogP) is 6.12. The van der Waals surface area contributed by atoms with Crippen LogP contribution in [0.4, 0.5) is 26.3 Å². The van der Waals surface area contributed by atoms with Crippen molar-refractivity contribution in [3.05, 3.63) is 119 Å². The molecule has 0 N–H and O–H groups in total. The second-order valence-electron chi connectivity index (χ2n) is 9.59. The van der Waals surface area contributed by atoms with Crippen LogP contribution in [0.3, 0.4) is 0 Å². The van der Waals surface area contributed by atoms with Crippen LogP contribution in [0.1, 0.15) is 22.3 Å². The van der Waals surface area contributed by atoms with Crippen LogP contribution in [0.25, 0.3) is 0 Å². The molecule has 0 unspecified atom stereocenters. The van der Waals surface area contributed by atoms with Gasteiger partial charge in [-0.1, -0.05) is 72.8 Å². The van der Waals surface area contributed by atoms with Crippen LogP contribution in [0, 0.1) is 0 Å². The molecule has 0 radical (unpaired) electrons. The van der Waals surface area contributed by atoms with Crippen molar-refractivity contribution in [2.45, 2.75) is 22.2 Å². The minimum absolute atomic E-state index is 0.127. The number of hydrogen-bond donors (Lipinski definition) is 0. The highest BCUT2D eigenvalue weighted by Gasteiger charge is 2.70. The topological polar surface area (TPSA) is 105 Å². The average Bonchev–Trinajstić information content (AvgIpc) is 3.39. The molecule has 0 aromatic heterocycles. The number of fused-ring (bicyclic) bond motifs is 5. The van der Waals surface area contributed by atoms with Gasteiger partial charge in [-0.15, -0.1) is 0 Å². The fourth-order valence-electron chi connectivity index (χ4n) is 5.41. The smallest absolute Gasteiger partial charge is 0.446 e. The van der Waals surface area contributed by atoms with Crippen molar-refractivity contribution in [3.63, 3.8) is 0 Å². The van der Waals surface area contributed by atoms with E-state index in [0.29, 0.717) is 11.1 Å². The summed E-state index contributed by atoms with van der Waals surface area (Å²) in [5.74, 6) is -3.61. The first-order valence-electron chi connectivity index (χ1n) is 12.3. The zero-order chi connectivity index (χ0) is 31.8. The number of hydrogen-bond acceptors (Lipinski definition) is 8. The number of benzene rings is 4. The summed E-state index contributed by atoms with van der Waals surface area (Å²) in [6.07, 6.45) is 0. The summed E-state index contributed by atoms with van der Waals surface area (Å²) < 4.78 is 146. The fourth-order valence-corrected chi connectivity index (χ4v) is 6.31. The first kappa shape index (κ1) is 29.6. The first-order valence-corrected chi connectivity index (χ1v) is 15.1. The minimum Gasteiger partial charge on any atom is -0.446 e. The van der Waals surface area contributed by atoms with Gasteiger partial charge >= 0.3 is 31.3 Å². The average molecular weight is 659 g/mol.